The molecule has 0 fully saturated rings. The molecule has 0 spiro atoms. The van der Waals surface area contributed by atoms with E-state index in [1.165, 1.54) is 19.2 Å². The summed E-state index contributed by atoms with van der Waals surface area (Å²) in [7, 11) is 1.22. The van der Waals surface area contributed by atoms with Gasteiger partial charge in [-0.2, -0.15) is 4.39 Å². The number of halogens is 2. The molecule has 0 aliphatic carbocycles. The third-order valence-corrected chi connectivity index (χ3v) is 2.56. The van der Waals surface area contributed by atoms with Crippen LogP contribution < -0.4 is 4.74 Å². The molecule has 1 aromatic carbocycles. The maximum atomic E-state index is 13.7. The van der Waals surface area contributed by atoms with E-state index in [1.54, 1.807) is 13.8 Å². The molecule has 0 saturated carbocycles. The number of benzene rings is 1. The third kappa shape index (κ3) is 2.54. The first kappa shape index (κ1) is 13.4. The lowest BCUT2D eigenvalue weighted by atomic mass is 9.88. The number of hydrogen-bond donors (Lipinski definition) is 1. The van der Waals surface area contributed by atoms with Gasteiger partial charge in [-0.3, -0.25) is 4.79 Å². The second-order valence-corrected chi connectivity index (χ2v) is 4.04. The molecule has 1 aromatic rings. The zero-order valence-corrected chi connectivity index (χ0v) is 9.83. The molecule has 1 rings (SSSR count). The lowest BCUT2D eigenvalue weighted by Gasteiger charge is -2.18. The first-order chi connectivity index (χ1) is 7.90. The monoisotopic (exact) mass is 244 g/mol. The van der Waals surface area contributed by atoms with E-state index in [4.69, 9.17) is 5.11 Å². The fourth-order valence-corrected chi connectivity index (χ4v) is 1.72. The van der Waals surface area contributed by atoms with Gasteiger partial charge in [0.15, 0.2) is 11.6 Å². The molecule has 1 N–H and O–H groups in total. The summed E-state index contributed by atoms with van der Waals surface area (Å²) in [5.74, 6) is -5.14. The van der Waals surface area contributed by atoms with Gasteiger partial charge in [0.25, 0.3) is 0 Å². The number of carbonyl (C=O) groups is 1. The van der Waals surface area contributed by atoms with Crippen molar-refractivity contribution in [2.45, 2.75) is 19.8 Å². The van der Waals surface area contributed by atoms with Crippen molar-refractivity contribution in [3.05, 3.63) is 29.3 Å². The van der Waals surface area contributed by atoms with Gasteiger partial charge in [0.2, 0.25) is 5.82 Å². The van der Waals surface area contributed by atoms with Crippen LogP contribution in [0.2, 0.25) is 0 Å². The fourth-order valence-electron chi connectivity index (χ4n) is 1.72. The molecule has 3 nitrogen and oxygen atoms in total. The normalized spacial score (nSPS) is 12.6. The molecule has 0 aromatic heterocycles. The Morgan fingerprint density at radius 2 is 1.88 bits per heavy atom. The highest BCUT2D eigenvalue weighted by molar-refractivity contribution is 5.76. The Labute approximate surface area is 98.0 Å². The van der Waals surface area contributed by atoms with E-state index >= 15 is 0 Å². The van der Waals surface area contributed by atoms with Crippen LogP contribution in [-0.4, -0.2) is 18.2 Å². The first-order valence-corrected chi connectivity index (χ1v) is 5.14. The minimum Gasteiger partial charge on any atom is -0.494 e. The first-order valence-electron chi connectivity index (χ1n) is 5.14. The predicted molar refractivity (Wildman–Crippen MR) is 58.1 cm³/mol. The van der Waals surface area contributed by atoms with Crippen LogP contribution in [0.25, 0.3) is 0 Å². The van der Waals surface area contributed by atoms with Crippen molar-refractivity contribution in [2.24, 2.45) is 5.92 Å². The Kier molecular flexibility index (Phi) is 4.04. The zero-order valence-electron chi connectivity index (χ0n) is 9.83. The highest BCUT2D eigenvalue weighted by atomic mass is 19.2. The van der Waals surface area contributed by atoms with Crippen molar-refractivity contribution < 1.29 is 23.4 Å². The van der Waals surface area contributed by atoms with E-state index in [2.05, 4.69) is 4.74 Å². The number of ether oxygens (including phenoxy) is 1. The van der Waals surface area contributed by atoms with Crippen molar-refractivity contribution >= 4 is 5.97 Å². The molecular formula is C12H14F2O3. The van der Waals surface area contributed by atoms with Gasteiger partial charge >= 0.3 is 5.97 Å². The van der Waals surface area contributed by atoms with Crippen LogP contribution in [0.4, 0.5) is 8.78 Å². The highest BCUT2D eigenvalue weighted by Gasteiger charge is 2.28. The van der Waals surface area contributed by atoms with Crippen molar-refractivity contribution in [3.8, 4) is 5.75 Å². The summed E-state index contributed by atoms with van der Waals surface area (Å²) in [6.07, 6.45) is 0. The number of carboxylic acid groups (broad SMARTS) is 1. The van der Waals surface area contributed by atoms with Gasteiger partial charge in [0.1, 0.15) is 0 Å². The van der Waals surface area contributed by atoms with Crippen molar-refractivity contribution in [1.82, 2.24) is 0 Å². The summed E-state index contributed by atoms with van der Waals surface area (Å²) in [4.78, 5) is 11.0. The molecule has 0 radical (unpaired) electrons. The minimum absolute atomic E-state index is 0.161. The van der Waals surface area contributed by atoms with E-state index in [0.717, 1.165) is 0 Å². The number of hydrogen-bond acceptors (Lipinski definition) is 2. The fraction of sp³-hybridized carbons (Fsp3) is 0.417. The van der Waals surface area contributed by atoms with E-state index < -0.39 is 23.5 Å². The van der Waals surface area contributed by atoms with Crippen LogP contribution in [0.3, 0.4) is 0 Å². The van der Waals surface area contributed by atoms with Crippen LogP contribution in [0.1, 0.15) is 25.3 Å². The molecule has 1 atom stereocenters. The van der Waals surface area contributed by atoms with Crippen LogP contribution in [0.5, 0.6) is 5.75 Å². The van der Waals surface area contributed by atoms with Crippen LogP contribution in [0.15, 0.2) is 12.1 Å². The van der Waals surface area contributed by atoms with Crippen LogP contribution >= 0.6 is 0 Å². The molecule has 94 valence electrons. The van der Waals surface area contributed by atoms with Gasteiger partial charge in [0.05, 0.1) is 13.0 Å². The highest BCUT2D eigenvalue weighted by Crippen LogP contribution is 2.31. The second-order valence-electron chi connectivity index (χ2n) is 4.04. The van der Waals surface area contributed by atoms with Gasteiger partial charge in [0, 0.05) is 5.56 Å². The van der Waals surface area contributed by atoms with Gasteiger partial charge < -0.3 is 9.84 Å². The van der Waals surface area contributed by atoms with Gasteiger partial charge in [-0.15, -0.1) is 0 Å². The summed E-state index contributed by atoms with van der Waals surface area (Å²) < 4.78 is 31.8. The molecular weight excluding hydrogens is 230 g/mol. The lowest BCUT2D eigenvalue weighted by molar-refractivity contribution is -0.140. The standard InChI is InChI=1S/C12H14F2O3/c1-6(2)9(12(15)16)7-4-5-8(17-3)11(14)10(7)13/h4-6,9H,1-3H3,(H,15,16). The van der Waals surface area contributed by atoms with Gasteiger partial charge in [-0.25, -0.2) is 4.39 Å². The van der Waals surface area contributed by atoms with E-state index in [-0.39, 0.29) is 17.2 Å². The van der Waals surface area contributed by atoms with Crippen LogP contribution in [-0.2, 0) is 4.79 Å². The second kappa shape index (κ2) is 5.12. The Morgan fingerprint density at radius 1 is 1.29 bits per heavy atom. The summed E-state index contributed by atoms with van der Waals surface area (Å²) in [6, 6.07) is 2.47. The SMILES string of the molecule is COc1ccc(C(C(=O)O)C(C)C)c(F)c1F. The minimum atomic E-state index is -1.18. The molecule has 0 saturated heterocycles. The molecule has 0 aliphatic rings. The Morgan fingerprint density at radius 3 is 2.29 bits per heavy atom. The topological polar surface area (TPSA) is 46.5 Å². The van der Waals surface area contributed by atoms with E-state index in [1.807, 2.05) is 0 Å². The average Bonchev–Trinajstić information content (AvgIpc) is 2.24. The average molecular weight is 244 g/mol. The van der Waals surface area contributed by atoms with Crippen molar-refractivity contribution in [3.63, 3.8) is 0 Å². The largest absolute Gasteiger partial charge is 0.494 e. The quantitative estimate of drug-likeness (QED) is 0.885. The predicted octanol–water partition coefficient (Wildman–Crippen LogP) is 2.80. The Bertz CT molecular complexity index is 430. The number of rotatable bonds is 4. The van der Waals surface area contributed by atoms with Crippen LogP contribution in [0, 0.1) is 17.6 Å². The maximum absolute atomic E-state index is 13.7. The lowest BCUT2D eigenvalue weighted by Crippen LogP contribution is -2.19. The summed E-state index contributed by atoms with van der Waals surface area (Å²) >= 11 is 0. The van der Waals surface area contributed by atoms with Gasteiger partial charge in [-0.1, -0.05) is 19.9 Å². The smallest absolute Gasteiger partial charge is 0.311 e. The summed E-state index contributed by atoms with van der Waals surface area (Å²) in [5.41, 5.74) is -0.161. The van der Waals surface area contributed by atoms with Crippen molar-refractivity contribution in [1.29, 1.82) is 0 Å². The molecule has 5 heteroatoms. The Hall–Kier alpha value is -1.65. The molecule has 0 amide bonds. The van der Waals surface area contributed by atoms with E-state index in [0.29, 0.717) is 0 Å². The molecule has 0 aliphatic heterocycles. The van der Waals surface area contributed by atoms with Crippen molar-refractivity contribution in [2.75, 3.05) is 7.11 Å². The maximum Gasteiger partial charge on any atom is 0.311 e. The summed E-state index contributed by atoms with van der Waals surface area (Å²) in [6.45, 7) is 3.28. The zero-order chi connectivity index (χ0) is 13.2. The molecule has 1 unspecified atom stereocenters. The number of methoxy groups -OCH3 is 1. The number of carboxylic acids is 1. The molecule has 0 bridgehead atoms. The Balaban J connectivity index is 3.31. The van der Waals surface area contributed by atoms with E-state index in [9.17, 15) is 13.6 Å². The molecule has 0 heterocycles. The number of aliphatic carboxylic acids is 1. The molecule has 17 heavy (non-hydrogen) atoms. The summed E-state index contributed by atoms with van der Waals surface area (Å²) in [5, 5.41) is 9.02. The van der Waals surface area contributed by atoms with Gasteiger partial charge in [-0.05, 0) is 12.0 Å². The third-order valence-electron chi connectivity index (χ3n) is 2.56.